The van der Waals surface area contributed by atoms with Gasteiger partial charge in [-0.15, -0.1) is 0 Å². The molecule has 0 bridgehead atoms. The smallest absolute Gasteiger partial charge is 0.194 e. The molecule has 0 saturated carbocycles. The predicted molar refractivity (Wildman–Crippen MR) is 154 cm³/mol. The van der Waals surface area contributed by atoms with Crippen molar-refractivity contribution < 1.29 is 35.1 Å². The van der Waals surface area contributed by atoms with Crippen molar-refractivity contribution >= 4 is 0 Å². The lowest BCUT2D eigenvalue weighted by Gasteiger charge is -2.08. The molecule has 0 nitrogen and oxygen atoms in total. The molecule has 0 spiro atoms. The Morgan fingerprint density at radius 2 is 0.864 bits per heavy atom. The van der Waals surface area contributed by atoms with Gasteiger partial charge >= 0.3 is 0 Å². The molecule has 0 aliphatic heterocycles. The maximum absolute atomic E-state index is 14.5. The number of halogens is 8. The van der Waals surface area contributed by atoms with Crippen molar-refractivity contribution in [1.82, 2.24) is 0 Å². The standard InChI is InChI=1S/C36H26F8/c1-22(8-4-2-6-10-23-12-14-27(29(37)16-23)25-18-31(39)35(43)32(40)19-25)9-5-3-7-11-24-13-15-28(30(38)17-24)26-20-33(41)36(44)34(42)21-26/h12-22H,2-5,8-9H2,1H3. The minimum absolute atomic E-state index is 0.0607. The lowest BCUT2D eigenvalue weighted by atomic mass is 9.98. The van der Waals surface area contributed by atoms with Crippen LogP contribution in [0, 0.1) is 76.1 Å². The molecule has 0 aliphatic carbocycles. The summed E-state index contributed by atoms with van der Waals surface area (Å²) >= 11 is 0. The zero-order chi connectivity index (χ0) is 31.8. The molecule has 0 heterocycles. The van der Waals surface area contributed by atoms with Gasteiger partial charge in [0.05, 0.1) is 0 Å². The summed E-state index contributed by atoms with van der Waals surface area (Å²) in [6.45, 7) is 2.12. The summed E-state index contributed by atoms with van der Waals surface area (Å²) in [6, 6.07) is 11.1. The van der Waals surface area contributed by atoms with Gasteiger partial charge in [0.25, 0.3) is 0 Å². The van der Waals surface area contributed by atoms with Crippen LogP contribution in [0.25, 0.3) is 22.3 Å². The van der Waals surface area contributed by atoms with Crippen molar-refractivity contribution in [1.29, 1.82) is 0 Å². The summed E-state index contributed by atoms with van der Waals surface area (Å²) in [5.41, 5.74) is 0.482. The number of unbranched alkanes of at least 4 members (excludes halogenated alkanes) is 2. The summed E-state index contributed by atoms with van der Waals surface area (Å²) in [7, 11) is 0. The third kappa shape index (κ3) is 8.29. The van der Waals surface area contributed by atoms with Crippen LogP contribution in [0.4, 0.5) is 35.1 Å². The van der Waals surface area contributed by atoms with Gasteiger partial charge in [0, 0.05) is 35.1 Å². The fraction of sp³-hybridized carbons (Fsp3) is 0.222. The van der Waals surface area contributed by atoms with Crippen molar-refractivity contribution in [3.05, 3.63) is 118 Å². The molecule has 4 aromatic carbocycles. The first-order chi connectivity index (χ1) is 21.0. The van der Waals surface area contributed by atoms with Gasteiger partial charge in [0.1, 0.15) is 11.6 Å². The molecule has 0 fully saturated rings. The summed E-state index contributed by atoms with van der Waals surface area (Å²) in [5, 5.41) is 0. The van der Waals surface area contributed by atoms with Gasteiger partial charge in [-0.2, -0.15) is 0 Å². The predicted octanol–water partition coefficient (Wildman–Crippen LogP) is 10.5. The van der Waals surface area contributed by atoms with E-state index in [4.69, 9.17) is 0 Å². The van der Waals surface area contributed by atoms with E-state index in [1.807, 2.05) is 0 Å². The van der Waals surface area contributed by atoms with Crippen LogP contribution < -0.4 is 0 Å². The molecule has 4 rings (SSSR count). The number of benzene rings is 4. The Kier molecular flexibility index (Phi) is 10.8. The molecule has 0 aromatic heterocycles. The quantitative estimate of drug-likeness (QED) is 0.0806. The zero-order valence-electron chi connectivity index (χ0n) is 23.6. The topological polar surface area (TPSA) is 0 Å². The van der Waals surface area contributed by atoms with Gasteiger partial charge in [0.2, 0.25) is 0 Å². The molecular weight excluding hydrogens is 584 g/mol. The molecule has 8 heteroatoms. The Hall–Kier alpha value is -4.56. The normalized spacial score (nSPS) is 10.8. The van der Waals surface area contributed by atoms with Crippen LogP contribution in [-0.2, 0) is 0 Å². The second-order valence-corrected chi connectivity index (χ2v) is 10.4. The van der Waals surface area contributed by atoms with E-state index in [2.05, 4.69) is 30.6 Å². The lowest BCUT2D eigenvalue weighted by molar-refractivity contribution is 0.447. The van der Waals surface area contributed by atoms with Crippen LogP contribution in [0.1, 0.15) is 56.6 Å². The van der Waals surface area contributed by atoms with Crippen LogP contribution in [-0.4, -0.2) is 0 Å². The van der Waals surface area contributed by atoms with Gasteiger partial charge in [-0.25, -0.2) is 35.1 Å². The van der Waals surface area contributed by atoms with Gasteiger partial charge in [-0.05, 0) is 91.3 Å². The molecular formula is C36H26F8. The maximum Gasteiger partial charge on any atom is 0.194 e. The van der Waals surface area contributed by atoms with Crippen LogP contribution >= 0.6 is 0 Å². The first kappa shape index (κ1) is 32.4. The van der Waals surface area contributed by atoms with E-state index < -0.39 is 46.5 Å². The molecule has 0 atom stereocenters. The molecule has 0 unspecified atom stereocenters. The van der Waals surface area contributed by atoms with Gasteiger partial charge in [-0.1, -0.05) is 42.7 Å². The minimum atomic E-state index is -1.61. The highest BCUT2D eigenvalue weighted by Crippen LogP contribution is 2.28. The highest BCUT2D eigenvalue weighted by Gasteiger charge is 2.15. The summed E-state index contributed by atoms with van der Waals surface area (Å²) in [5.74, 6) is 1.93. The Balaban J connectivity index is 1.19. The van der Waals surface area contributed by atoms with Crippen LogP contribution in [0.3, 0.4) is 0 Å². The molecule has 4 aromatic rings. The fourth-order valence-corrected chi connectivity index (χ4v) is 4.63. The average Bonchev–Trinajstić information content (AvgIpc) is 2.98. The average molecular weight is 611 g/mol. The van der Waals surface area contributed by atoms with Crippen LogP contribution in [0.15, 0.2) is 60.7 Å². The highest BCUT2D eigenvalue weighted by molar-refractivity contribution is 5.66. The van der Waals surface area contributed by atoms with Crippen LogP contribution in [0.5, 0.6) is 0 Å². The van der Waals surface area contributed by atoms with Gasteiger partial charge in [0.15, 0.2) is 34.9 Å². The van der Waals surface area contributed by atoms with E-state index >= 15 is 0 Å². The van der Waals surface area contributed by atoms with Crippen LogP contribution in [0.2, 0.25) is 0 Å². The second-order valence-electron chi connectivity index (χ2n) is 10.4. The molecule has 0 amide bonds. The molecule has 226 valence electrons. The first-order valence-corrected chi connectivity index (χ1v) is 13.9. The third-order valence-corrected chi connectivity index (χ3v) is 6.99. The second kappa shape index (κ2) is 14.8. The lowest BCUT2D eigenvalue weighted by Crippen LogP contribution is -1.94. The Morgan fingerprint density at radius 1 is 0.500 bits per heavy atom. The number of rotatable bonds is 8. The van der Waals surface area contributed by atoms with Crippen molar-refractivity contribution in [2.24, 2.45) is 5.92 Å². The Bertz CT molecular complexity index is 1610. The van der Waals surface area contributed by atoms with Crippen molar-refractivity contribution in [2.45, 2.75) is 45.4 Å². The SMILES string of the molecule is CC(CCCC#Cc1ccc(-c2cc(F)c(F)c(F)c2)c(F)c1)CCCC#Cc1ccc(-c2cc(F)c(F)c(F)c2)c(F)c1. The Morgan fingerprint density at radius 3 is 1.20 bits per heavy atom. The van der Waals surface area contributed by atoms with E-state index in [9.17, 15) is 35.1 Å². The van der Waals surface area contributed by atoms with Crippen molar-refractivity contribution in [3.63, 3.8) is 0 Å². The van der Waals surface area contributed by atoms with Gasteiger partial charge < -0.3 is 0 Å². The minimum Gasteiger partial charge on any atom is -0.206 e. The molecule has 0 N–H and O–H groups in total. The van der Waals surface area contributed by atoms with E-state index in [0.717, 1.165) is 49.9 Å². The van der Waals surface area contributed by atoms with E-state index in [0.29, 0.717) is 29.9 Å². The Labute approximate surface area is 250 Å². The fourth-order valence-electron chi connectivity index (χ4n) is 4.63. The van der Waals surface area contributed by atoms with E-state index in [-0.39, 0.29) is 22.3 Å². The van der Waals surface area contributed by atoms with Crippen molar-refractivity contribution in [2.75, 3.05) is 0 Å². The highest BCUT2D eigenvalue weighted by atomic mass is 19.2. The zero-order valence-corrected chi connectivity index (χ0v) is 23.6. The molecule has 0 saturated heterocycles. The van der Waals surface area contributed by atoms with E-state index in [1.54, 1.807) is 0 Å². The molecule has 0 aliphatic rings. The largest absolute Gasteiger partial charge is 0.206 e. The maximum atomic E-state index is 14.5. The van der Waals surface area contributed by atoms with Gasteiger partial charge in [-0.3, -0.25) is 0 Å². The number of hydrogen-bond acceptors (Lipinski definition) is 0. The monoisotopic (exact) mass is 610 g/mol. The first-order valence-electron chi connectivity index (χ1n) is 13.9. The number of hydrogen-bond donors (Lipinski definition) is 0. The van der Waals surface area contributed by atoms with E-state index in [1.165, 1.54) is 36.4 Å². The molecule has 0 radical (unpaired) electrons. The summed E-state index contributed by atoms with van der Waals surface area (Å²) in [4.78, 5) is 0. The third-order valence-electron chi connectivity index (χ3n) is 6.99. The summed E-state index contributed by atoms with van der Waals surface area (Å²) in [6.07, 6.45) is 4.72. The molecule has 44 heavy (non-hydrogen) atoms. The summed E-state index contributed by atoms with van der Waals surface area (Å²) < 4.78 is 109. The van der Waals surface area contributed by atoms with Crippen molar-refractivity contribution in [3.8, 4) is 45.9 Å².